The van der Waals surface area contributed by atoms with Gasteiger partial charge in [-0.3, -0.25) is 0 Å². The van der Waals surface area contributed by atoms with Crippen molar-refractivity contribution >= 4 is 31.9 Å². The molecule has 0 spiro atoms. The van der Waals surface area contributed by atoms with Crippen LogP contribution >= 0.6 is 31.9 Å². The Labute approximate surface area is 140 Å². The Balaban J connectivity index is 2.25. The van der Waals surface area contributed by atoms with E-state index in [4.69, 9.17) is 0 Å². The van der Waals surface area contributed by atoms with E-state index in [2.05, 4.69) is 76.1 Å². The van der Waals surface area contributed by atoms with Gasteiger partial charge in [0.15, 0.2) is 0 Å². The highest BCUT2D eigenvalue weighted by Crippen LogP contribution is 2.41. The van der Waals surface area contributed by atoms with E-state index in [1.807, 2.05) is 0 Å². The molecular weight excluding hydrogens is 378 g/mol. The molecule has 0 amide bonds. The average molecular weight is 403 g/mol. The number of rotatable bonds is 4. The molecule has 1 saturated carbocycles. The molecule has 3 heteroatoms. The SMILES string of the molecule is CCNC(c1ccc(Br)cc1Br)C1CC(C)CC(C)C1. The highest BCUT2D eigenvalue weighted by Gasteiger charge is 2.31. The van der Waals surface area contributed by atoms with Crippen molar-refractivity contribution in [3.63, 3.8) is 0 Å². The van der Waals surface area contributed by atoms with Gasteiger partial charge in [-0.15, -0.1) is 0 Å². The molecule has 0 saturated heterocycles. The monoisotopic (exact) mass is 401 g/mol. The lowest BCUT2D eigenvalue weighted by Gasteiger charge is -2.37. The summed E-state index contributed by atoms with van der Waals surface area (Å²) in [7, 11) is 0. The molecule has 0 radical (unpaired) electrons. The van der Waals surface area contributed by atoms with Crippen molar-refractivity contribution in [2.75, 3.05) is 6.54 Å². The van der Waals surface area contributed by atoms with Gasteiger partial charge in [0.05, 0.1) is 0 Å². The van der Waals surface area contributed by atoms with Gasteiger partial charge in [-0.1, -0.05) is 58.7 Å². The summed E-state index contributed by atoms with van der Waals surface area (Å²) in [6, 6.07) is 7.04. The van der Waals surface area contributed by atoms with Crippen molar-refractivity contribution in [1.82, 2.24) is 5.32 Å². The van der Waals surface area contributed by atoms with Crippen molar-refractivity contribution in [1.29, 1.82) is 0 Å². The van der Waals surface area contributed by atoms with Gasteiger partial charge in [0.25, 0.3) is 0 Å². The van der Waals surface area contributed by atoms with Gasteiger partial charge in [-0.05, 0) is 61.3 Å². The minimum atomic E-state index is 0.465. The van der Waals surface area contributed by atoms with Gasteiger partial charge in [-0.2, -0.15) is 0 Å². The van der Waals surface area contributed by atoms with Gasteiger partial charge < -0.3 is 5.32 Å². The van der Waals surface area contributed by atoms with Crippen LogP contribution in [0.15, 0.2) is 27.1 Å². The van der Waals surface area contributed by atoms with Crippen molar-refractivity contribution in [3.05, 3.63) is 32.7 Å². The van der Waals surface area contributed by atoms with Crippen molar-refractivity contribution in [2.24, 2.45) is 17.8 Å². The summed E-state index contributed by atoms with van der Waals surface area (Å²) in [5.41, 5.74) is 1.40. The number of hydrogen-bond donors (Lipinski definition) is 1. The van der Waals surface area contributed by atoms with Crippen LogP contribution in [0.1, 0.15) is 51.6 Å². The van der Waals surface area contributed by atoms with Crippen molar-refractivity contribution in [3.8, 4) is 0 Å². The van der Waals surface area contributed by atoms with E-state index in [0.717, 1.165) is 28.8 Å². The molecule has 0 aromatic heterocycles. The van der Waals surface area contributed by atoms with Crippen LogP contribution in [0.4, 0.5) is 0 Å². The first kappa shape index (κ1) is 16.5. The molecule has 1 aromatic rings. The summed E-state index contributed by atoms with van der Waals surface area (Å²) < 4.78 is 2.34. The van der Waals surface area contributed by atoms with E-state index in [-0.39, 0.29) is 0 Å². The summed E-state index contributed by atoms with van der Waals surface area (Å²) in [5, 5.41) is 3.72. The maximum Gasteiger partial charge on any atom is 0.0359 e. The first-order chi connectivity index (χ1) is 9.51. The molecule has 1 aromatic carbocycles. The largest absolute Gasteiger partial charge is 0.310 e. The molecule has 3 atom stereocenters. The Morgan fingerprint density at radius 3 is 2.35 bits per heavy atom. The van der Waals surface area contributed by atoms with Gasteiger partial charge in [-0.25, -0.2) is 0 Å². The number of hydrogen-bond acceptors (Lipinski definition) is 1. The van der Waals surface area contributed by atoms with E-state index < -0.39 is 0 Å². The molecule has 1 aliphatic carbocycles. The van der Waals surface area contributed by atoms with Crippen LogP contribution in [0.25, 0.3) is 0 Å². The van der Waals surface area contributed by atoms with Crippen LogP contribution in [0.3, 0.4) is 0 Å². The van der Waals surface area contributed by atoms with Gasteiger partial charge in [0.2, 0.25) is 0 Å². The zero-order valence-electron chi connectivity index (χ0n) is 12.6. The van der Waals surface area contributed by atoms with Crippen molar-refractivity contribution < 1.29 is 0 Å². The van der Waals surface area contributed by atoms with Gasteiger partial charge in [0, 0.05) is 15.0 Å². The molecule has 112 valence electrons. The topological polar surface area (TPSA) is 12.0 Å². The van der Waals surface area contributed by atoms with Crippen molar-refractivity contribution in [2.45, 2.75) is 46.1 Å². The third-order valence-corrected chi connectivity index (χ3v) is 5.59. The summed E-state index contributed by atoms with van der Waals surface area (Å²) >= 11 is 7.29. The number of halogens is 2. The second-order valence-electron chi connectivity index (χ2n) is 6.38. The summed E-state index contributed by atoms with van der Waals surface area (Å²) in [4.78, 5) is 0. The van der Waals surface area contributed by atoms with Crippen LogP contribution in [0.5, 0.6) is 0 Å². The lowest BCUT2D eigenvalue weighted by Crippen LogP contribution is -2.33. The summed E-state index contributed by atoms with van der Waals surface area (Å²) in [6.07, 6.45) is 4.06. The molecule has 0 bridgehead atoms. The molecule has 2 rings (SSSR count). The molecule has 3 unspecified atom stereocenters. The molecule has 1 fully saturated rings. The Hall–Kier alpha value is 0.140. The molecule has 0 heterocycles. The second-order valence-corrected chi connectivity index (χ2v) is 8.15. The third-order valence-electron chi connectivity index (χ3n) is 4.41. The molecule has 1 N–H and O–H groups in total. The van der Waals surface area contributed by atoms with Crippen LogP contribution in [-0.4, -0.2) is 6.54 Å². The molecule has 0 aliphatic heterocycles. The molecule has 1 aliphatic rings. The van der Waals surface area contributed by atoms with E-state index in [1.54, 1.807) is 0 Å². The highest BCUT2D eigenvalue weighted by molar-refractivity contribution is 9.11. The Morgan fingerprint density at radius 1 is 1.15 bits per heavy atom. The molecule has 20 heavy (non-hydrogen) atoms. The van der Waals surface area contributed by atoms with Crippen LogP contribution in [0.2, 0.25) is 0 Å². The predicted molar refractivity (Wildman–Crippen MR) is 93.9 cm³/mol. The van der Waals surface area contributed by atoms with E-state index >= 15 is 0 Å². The third kappa shape index (κ3) is 4.08. The van der Waals surface area contributed by atoms with Gasteiger partial charge >= 0.3 is 0 Å². The first-order valence-corrected chi connectivity index (χ1v) is 9.28. The average Bonchev–Trinajstić information content (AvgIpc) is 2.35. The fourth-order valence-electron chi connectivity index (χ4n) is 3.79. The molecular formula is C17H25Br2N. The van der Waals surface area contributed by atoms with Crippen LogP contribution < -0.4 is 5.32 Å². The van der Waals surface area contributed by atoms with E-state index in [9.17, 15) is 0 Å². The lowest BCUT2D eigenvalue weighted by atomic mass is 9.72. The summed E-state index contributed by atoms with van der Waals surface area (Å²) in [6.45, 7) is 8.03. The maximum atomic E-state index is 3.74. The molecule has 1 nitrogen and oxygen atoms in total. The fraction of sp³-hybridized carbons (Fsp3) is 0.647. The standard InChI is InChI=1S/C17H25Br2N/c1-4-20-17(13-8-11(2)7-12(3)9-13)15-6-5-14(18)10-16(15)19/h5-6,10-13,17,20H,4,7-9H2,1-3H3. The number of benzene rings is 1. The Kier molecular flexibility index (Phi) is 6.12. The smallest absolute Gasteiger partial charge is 0.0359 e. The zero-order valence-corrected chi connectivity index (χ0v) is 15.8. The Morgan fingerprint density at radius 2 is 1.80 bits per heavy atom. The summed E-state index contributed by atoms with van der Waals surface area (Å²) in [5.74, 6) is 2.43. The van der Waals surface area contributed by atoms with Crippen LogP contribution in [-0.2, 0) is 0 Å². The maximum absolute atomic E-state index is 3.74. The van der Waals surface area contributed by atoms with Crippen LogP contribution in [0, 0.1) is 17.8 Å². The van der Waals surface area contributed by atoms with E-state index in [1.165, 1.54) is 29.3 Å². The Bertz CT molecular complexity index is 437. The van der Waals surface area contributed by atoms with Gasteiger partial charge in [0.1, 0.15) is 0 Å². The van der Waals surface area contributed by atoms with E-state index in [0.29, 0.717) is 6.04 Å². The minimum Gasteiger partial charge on any atom is -0.310 e. The zero-order chi connectivity index (χ0) is 14.7. The predicted octanol–water partition coefficient (Wildman–Crippen LogP) is 5.93. The lowest BCUT2D eigenvalue weighted by molar-refractivity contribution is 0.177. The highest BCUT2D eigenvalue weighted by atomic mass is 79.9. The fourth-order valence-corrected chi connectivity index (χ4v) is 5.08. The number of nitrogens with one attached hydrogen (secondary N) is 1. The normalized spacial score (nSPS) is 28.4. The minimum absolute atomic E-state index is 0.465. The first-order valence-electron chi connectivity index (χ1n) is 7.69. The quantitative estimate of drug-likeness (QED) is 0.657. The second kappa shape index (κ2) is 7.42.